The number of rotatable bonds is 0. The minimum atomic E-state index is -5.25. The average Bonchev–Trinajstić information content (AvgIpc) is 0.722. The van der Waals surface area contributed by atoms with Crippen LogP contribution in [0.2, 0.25) is 0 Å². The predicted molar refractivity (Wildman–Crippen MR) is 17.3 cm³/mol. The van der Waals surface area contributed by atoms with Gasteiger partial charge in [0, 0.05) is 58.2 Å². The van der Waals surface area contributed by atoms with E-state index >= 15 is 0 Å². The Kier molecular flexibility index (Phi) is 6.81. The van der Waals surface area contributed by atoms with Crippen molar-refractivity contribution >= 4 is 71.6 Å². The summed E-state index contributed by atoms with van der Waals surface area (Å²) in [6, 6.07) is 0. The topological polar surface area (TPSA) is 74.6 Å². The molecule has 0 aliphatic heterocycles. The Bertz CT molecular complexity index is 90.7. The van der Waals surface area contributed by atoms with Crippen LogP contribution in [0.4, 0.5) is 0 Å². The second-order valence-electron chi connectivity index (χ2n) is 0.448. The van der Waals surface area contributed by atoms with Gasteiger partial charge in [-0.2, -0.15) is 0 Å². The van der Waals surface area contributed by atoms with Crippen molar-refractivity contribution in [2.24, 2.45) is 0 Å². The normalized spacial score (nSPS) is 9.67. The van der Waals surface area contributed by atoms with Crippen LogP contribution in [0.3, 0.4) is 0 Å². The smallest absolute Gasteiger partial charge is 0 e. The molecule has 0 spiro atoms. The summed E-state index contributed by atoms with van der Waals surface area (Å²) in [5.74, 6) is 0. The summed E-state index contributed by atoms with van der Waals surface area (Å²) < 4.78 is 31.9. The fraction of sp³-hybridized carbons (Fsp3) is 0. The van der Waals surface area contributed by atoms with Crippen LogP contribution in [0.15, 0.2) is 0 Å². The van der Waals surface area contributed by atoms with E-state index in [1.807, 2.05) is 0 Å². The first-order chi connectivity index (χ1) is 2.00. The zero-order valence-electron chi connectivity index (χ0n) is 3.12. The molecule has 0 fully saturated rings. The zero-order valence-corrected chi connectivity index (χ0v) is 9.75. The predicted octanol–water partition coefficient (Wildman–Crippen LogP) is -2.11. The molecule has 2 N–H and O–H groups in total. The fourth-order valence-corrected chi connectivity index (χ4v) is 0. The Labute approximate surface area is 85.6 Å². The molecular formula is H2O4RbSe. The van der Waals surface area contributed by atoms with Crippen LogP contribution >= 0.6 is 0 Å². The van der Waals surface area contributed by atoms with Crippen molar-refractivity contribution in [2.75, 3.05) is 0 Å². The van der Waals surface area contributed by atoms with Crippen molar-refractivity contribution < 1.29 is 16.0 Å². The first-order valence-corrected chi connectivity index (χ1v) is 3.63. The molecule has 0 amide bonds. The van der Waals surface area contributed by atoms with E-state index < -0.39 is 13.4 Å². The Hall–Kier alpha value is 1.84. The van der Waals surface area contributed by atoms with Gasteiger partial charge in [0.1, 0.15) is 0 Å². The van der Waals surface area contributed by atoms with E-state index in [0.29, 0.717) is 0 Å². The van der Waals surface area contributed by atoms with Crippen molar-refractivity contribution in [1.29, 1.82) is 0 Å². The molecule has 0 aromatic rings. The SMILES string of the molecule is O=[Se](=O)(O)O.[Rb]. The third kappa shape index (κ3) is 40.3. The molecule has 0 saturated heterocycles. The first kappa shape index (κ1) is 10.8. The summed E-state index contributed by atoms with van der Waals surface area (Å²) in [4.78, 5) is 0. The Morgan fingerprint density at radius 1 is 1.17 bits per heavy atom. The molecule has 0 heterocycles. The third-order valence-corrected chi connectivity index (χ3v) is 0. The molecule has 0 rings (SSSR count). The van der Waals surface area contributed by atoms with Gasteiger partial charge in [0.2, 0.25) is 0 Å². The Balaban J connectivity index is 0. The fourth-order valence-electron chi connectivity index (χ4n) is 0. The van der Waals surface area contributed by atoms with Crippen molar-refractivity contribution in [3.05, 3.63) is 0 Å². The standard InChI is InChI=1S/H2O4Se.Rb/c1-5(2,3)4;/h(H2,1,2,3,4);. The average molecular weight is 230 g/mol. The van der Waals surface area contributed by atoms with Crippen LogP contribution in [-0.4, -0.2) is 79.9 Å². The van der Waals surface area contributed by atoms with E-state index in [-0.39, 0.29) is 58.2 Å². The maximum atomic E-state index is 8.82. The molecule has 0 aliphatic carbocycles. The minimum absolute atomic E-state index is 0. The summed E-state index contributed by atoms with van der Waals surface area (Å²) in [5, 5.41) is 0. The maximum Gasteiger partial charge on any atom is 0 e. The molecule has 4 nitrogen and oxygen atoms in total. The van der Waals surface area contributed by atoms with Crippen LogP contribution in [0.1, 0.15) is 0 Å². The van der Waals surface area contributed by atoms with Gasteiger partial charge >= 0.3 is 29.4 Å². The third-order valence-electron chi connectivity index (χ3n) is 0. The van der Waals surface area contributed by atoms with Gasteiger partial charge in [-0.25, -0.2) is 0 Å². The van der Waals surface area contributed by atoms with Crippen molar-refractivity contribution in [2.45, 2.75) is 0 Å². The van der Waals surface area contributed by atoms with Crippen LogP contribution in [0.5, 0.6) is 0 Å². The molecule has 0 saturated carbocycles. The summed E-state index contributed by atoms with van der Waals surface area (Å²) >= 11 is -5.25. The summed E-state index contributed by atoms with van der Waals surface area (Å²) in [6.45, 7) is 0. The largest absolute Gasteiger partial charge is 0 e. The van der Waals surface area contributed by atoms with E-state index in [4.69, 9.17) is 16.0 Å². The monoisotopic (exact) mass is 231 g/mol. The van der Waals surface area contributed by atoms with Gasteiger partial charge in [0.15, 0.2) is 0 Å². The summed E-state index contributed by atoms with van der Waals surface area (Å²) in [6.07, 6.45) is 0. The molecule has 6 heteroatoms. The van der Waals surface area contributed by atoms with E-state index in [1.165, 1.54) is 0 Å². The second-order valence-corrected chi connectivity index (χ2v) is 2.33. The first-order valence-electron chi connectivity index (χ1n) is 0.698. The molecule has 0 aliphatic rings. The van der Waals surface area contributed by atoms with Gasteiger partial charge in [0.05, 0.1) is 0 Å². The van der Waals surface area contributed by atoms with Gasteiger partial charge in [-0.1, -0.05) is 0 Å². The van der Waals surface area contributed by atoms with Gasteiger partial charge in [0.25, 0.3) is 0 Å². The van der Waals surface area contributed by atoms with Crippen molar-refractivity contribution in [3.8, 4) is 0 Å². The molecule has 1 radical (unpaired) electrons. The van der Waals surface area contributed by atoms with Crippen LogP contribution in [0.25, 0.3) is 0 Å². The minimum Gasteiger partial charge on any atom is 0 e. The summed E-state index contributed by atoms with van der Waals surface area (Å²) in [7, 11) is 0. The second kappa shape index (κ2) is 3.80. The quantitative estimate of drug-likeness (QED) is 0.467. The van der Waals surface area contributed by atoms with Crippen LogP contribution < -0.4 is 0 Å². The molecule has 0 aromatic heterocycles. The van der Waals surface area contributed by atoms with Gasteiger partial charge in [-0.3, -0.25) is 0 Å². The molecule has 6 heavy (non-hydrogen) atoms. The van der Waals surface area contributed by atoms with Gasteiger partial charge in [-0.15, -0.1) is 0 Å². The Morgan fingerprint density at radius 2 is 1.17 bits per heavy atom. The van der Waals surface area contributed by atoms with Gasteiger partial charge < -0.3 is 0 Å². The molecule has 0 atom stereocenters. The van der Waals surface area contributed by atoms with Crippen LogP contribution in [0, 0.1) is 0 Å². The Morgan fingerprint density at radius 3 is 1.17 bits per heavy atom. The summed E-state index contributed by atoms with van der Waals surface area (Å²) in [5.41, 5.74) is 0. The molecule has 0 unspecified atom stereocenters. The maximum absolute atomic E-state index is 8.82. The molecule has 33 valence electrons. The van der Waals surface area contributed by atoms with Gasteiger partial charge in [-0.05, 0) is 0 Å². The molecule has 0 bridgehead atoms. The van der Waals surface area contributed by atoms with E-state index in [0.717, 1.165) is 0 Å². The molecule has 0 aromatic carbocycles. The van der Waals surface area contributed by atoms with Crippen molar-refractivity contribution in [3.63, 3.8) is 0 Å². The van der Waals surface area contributed by atoms with Crippen molar-refractivity contribution in [1.82, 2.24) is 0 Å². The van der Waals surface area contributed by atoms with E-state index in [2.05, 4.69) is 0 Å². The number of hydrogen-bond donors (Lipinski definition) is 2. The molecular weight excluding hydrogens is 228 g/mol. The van der Waals surface area contributed by atoms with Crippen LogP contribution in [-0.2, 0) is 7.67 Å². The van der Waals surface area contributed by atoms with E-state index in [1.54, 1.807) is 0 Å². The zero-order chi connectivity index (χ0) is 4.50. The van der Waals surface area contributed by atoms with E-state index in [9.17, 15) is 0 Å². The number of hydrogen-bond acceptors (Lipinski definition) is 2.